The number of nitrogens with two attached hydrogens (primary N) is 2. The van der Waals surface area contributed by atoms with Gasteiger partial charge in [0.25, 0.3) is 5.91 Å². The molecule has 3 aromatic rings. The fourth-order valence-corrected chi connectivity index (χ4v) is 3.92. The number of amides is 2. The van der Waals surface area contributed by atoms with E-state index in [9.17, 15) is 14.7 Å². The van der Waals surface area contributed by atoms with E-state index in [1.165, 1.54) is 6.20 Å². The van der Waals surface area contributed by atoms with Crippen LogP contribution in [0.15, 0.2) is 48.8 Å². The van der Waals surface area contributed by atoms with E-state index in [-0.39, 0.29) is 18.5 Å². The molecule has 0 aliphatic carbocycles. The van der Waals surface area contributed by atoms with Crippen LogP contribution in [-0.4, -0.2) is 63.7 Å². The molecule has 2 atom stereocenters. The second-order valence-corrected chi connectivity index (χ2v) is 7.55. The Morgan fingerprint density at radius 2 is 2.06 bits per heavy atom. The Kier molecular flexibility index (Phi) is 5.88. The van der Waals surface area contributed by atoms with Gasteiger partial charge in [-0.3, -0.25) is 9.59 Å². The van der Waals surface area contributed by atoms with Gasteiger partial charge >= 0.3 is 0 Å². The predicted octanol–water partition coefficient (Wildman–Crippen LogP) is 0.921. The molecular weight excluding hydrogens is 398 g/mol. The van der Waals surface area contributed by atoms with Crippen molar-refractivity contribution in [2.45, 2.75) is 18.6 Å². The summed E-state index contributed by atoms with van der Waals surface area (Å²) in [5, 5.41) is 11.3. The maximum Gasteiger partial charge on any atom is 0.254 e. The molecule has 1 aromatic carbocycles. The monoisotopic (exact) mass is 423 g/mol. The van der Waals surface area contributed by atoms with Crippen molar-refractivity contribution in [3.05, 3.63) is 59.9 Å². The van der Waals surface area contributed by atoms with E-state index in [1.54, 1.807) is 52.1 Å². The molecule has 2 aromatic heterocycles. The van der Waals surface area contributed by atoms with Crippen molar-refractivity contribution in [3.8, 4) is 5.75 Å². The zero-order valence-corrected chi connectivity index (χ0v) is 17.0. The lowest BCUT2D eigenvalue weighted by Crippen LogP contribution is -2.29. The van der Waals surface area contributed by atoms with E-state index >= 15 is 0 Å². The van der Waals surface area contributed by atoms with Crippen molar-refractivity contribution in [1.29, 1.82) is 0 Å². The minimum Gasteiger partial charge on any atom is -0.494 e. The van der Waals surface area contributed by atoms with Gasteiger partial charge in [-0.2, -0.15) is 0 Å². The number of fused-ring (bicyclic) bond motifs is 1. The average molecular weight is 423 g/mol. The van der Waals surface area contributed by atoms with Crippen molar-refractivity contribution in [1.82, 2.24) is 14.5 Å². The Morgan fingerprint density at radius 3 is 2.84 bits per heavy atom. The zero-order chi connectivity index (χ0) is 22.0. The number of likely N-dealkylation sites (tertiary alicyclic amines) is 1. The van der Waals surface area contributed by atoms with Crippen LogP contribution in [0.5, 0.6) is 5.75 Å². The molecule has 31 heavy (non-hydrogen) atoms. The molecule has 5 N–H and O–H groups in total. The number of hydrogen-bond acceptors (Lipinski definition) is 6. The number of hydrogen-bond donors (Lipinski definition) is 3. The van der Waals surface area contributed by atoms with Gasteiger partial charge in [-0.15, -0.1) is 0 Å². The van der Waals surface area contributed by atoms with Crippen LogP contribution in [0.3, 0.4) is 0 Å². The molecule has 0 saturated carbocycles. The summed E-state index contributed by atoms with van der Waals surface area (Å²) in [6, 6.07) is 9.92. The molecule has 1 saturated heterocycles. The van der Waals surface area contributed by atoms with Crippen molar-refractivity contribution in [3.63, 3.8) is 0 Å². The van der Waals surface area contributed by atoms with Crippen LogP contribution in [0.4, 0.5) is 0 Å². The summed E-state index contributed by atoms with van der Waals surface area (Å²) >= 11 is 0. The first kappa shape index (κ1) is 20.8. The smallest absolute Gasteiger partial charge is 0.254 e. The van der Waals surface area contributed by atoms with Crippen molar-refractivity contribution < 1.29 is 19.4 Å². The van der Waals surface area contributed by atoms with Gasteiger partial charge in [0.05, 0.1) is 24.3 Å². The predicted molar refractivity (Wildman–Crippen MR) is 115 cm³/mol. The molecule has 9 heteroatoms. The molecule has 0 bridgehead atoms. The Labute approximate surface area is 179 Å². The number of nitrogens with zero attached hydrogens (tertiary/aromatic N) is 3. The number of aromatic nitrogens is 2. The molecule has 1 aliphatic rings. The topological polar surface area (TPSA) is 137 Å². The highest BCUT2D eigenvalue weighted by Crippen LogP contribution is 2.29. The molecule has 0 radical (unpaired) electrons. The lowest BCUT2D eigenvalue weighted by Gasteiger charge is -2.18. The minimum absolute atomic E-state index is 0.187. The molecule has 1 fully saturated rings. The van der Waals surface area contributed by atoms with Crippen LogP contribution in [0.25, 0.3) is 11.0 Å². The van der Waals surface area contributed by atoms with E-state index in [0.29, 0.717) is 47.6 Å². The number of carbonyl (C=O) groups excluding carboxylic acids is 2. The number of β-amino-alcohol motifs (C(OH)–C–C–N with tert-alkyl or cyclic N) is 1. The third-order valence-electron chi connectivity index (χ3n) is 5.48. The zero-order valence-electron chi connectivity index (χ0n) is 17.0. The van der Waals surface area contributed by atoms with E-state index in [0.717, 1.165) is 6.42 Å². The highest BCUT2D eigenvalue weighted by molar-refractivity contribution is 6.04. The molecule has 0 spiro atoms. The van der Waals surface area contributed by atoms with Crippen molar-refractivity contribution in [2.24, 2.45) is 11.5 Å². The number of benzene rings is 1. The lowest BCUT2D eigenvalue weighted by molar-refractivity contribution is 0.0764. The van der Waals surface area contributed by atoms with Crippen molar-refractivity contribution in [2.75, 3.05) is 26.2 Å². The molecule has 1 aliphatic heterocycles. The average Bonchev–Trinajstić information content (AvgIpc) is 3.36. The fraction of sp³-hybridized carbons (Fsp3) is 0.318. The van der Waals surface area contributed by atoms with Crippen molar-refractivity contribution >= 4 is 22.8 Å². The summed E-state index contributed by atoms with van der Waals surface area (Å²) in [5.41, 5.74) is 12.3. The van der Waals surface area contributed by atoms with Crippen LogP contribution in [0.1, 0.15) is 33.2 Å². The second kappa shape index (κ2) is 8.75. The fourth-order valence-electron chi connectivity index (χ4n) is 3.92. The number of rotatable bonds is 7. The van der Waals surface area contributed by atoms with Gasteiger partial charge in [0, 0.05) is 36.4 Å². The highest BCUT2D eigenvalue weighted by atomic mass is 16.5. The summed E-state index contributed by atoms with van der Waals surface area (Å²) in [7, 11) is 0. The van der Waals surface area contributed by atoms with E-state index in [4.69, 9.17) is 16.2 Å². The lowest BCUT2D eigenvalue weighted by atomic mass is 10.2. The first-order chi connectivity index (χ1) is 15.0. The Bertz CT molecular complexity index is 1110. The number of primary amides is 1. The molecular formula is C22H25N5O4. The van der Waals surface area contributed by atoms with Gasteiger partial charge < -0.3 is 30.8 Å². The quantitative estimate of drug-likeness (QED) is 0.484. The number of aliphatic hydroxyl groups is 1. The second-order valence-electron chi connectivity index (χ2n) is 7.55. The Balaban J connectivity index is 1.54. The van der Waals surface area contributed by atoms with Gasteiger partial charge in [0.2, 0.25) is 5.91 Å². The SMILES string of the molecule is NCCCOc1cccc(C(=O)N2C[C@@H](O)[C@H](n3ccc4c(C(N)=O)ccnc43)C2)c1. The molecule has 9 nitrogen and oxygen atoms in total. The normalized spacial score (nSPS) is 18.5. The summed E-state index contributed by atoms with van der Waals surface area (Å²) in [6.07, 6.45) is 3.23. The summed E-state index contributed by atoms with van der Waals surface area (Å²) < 4.78 is 7.43. The summed E-state index contributed by atoms with van der Waals surface area (Å²) in [5.74, 6) is -0.120. The van der Waals surface area contributed by atoms with Gasteiger partial charge in [-0.1, -0.05) is 6.07 Å². The number of pyridine rings is 1. The van der Waals surface area contributed by atoms with Gasteiger partial charge in [-0.05, 0) is 43.3 Å². The molecule has 2 amide bonds. The van der Waals surface area contributed by atoms with E-state index < -0.39 is 12.0 Å². The van der Waals surface area contributed by atoms with E-state index in [2.05, 4.69) is 4.98 Å². The molecule has 3 heterocycles. The number of aliphatic hydroxyl groups excluding tert-OH is 1. The van der Waals surface area contributed by atoms with Crippen LogP contribution in [-0.2, 0) is 0 Å². The Morgan fingerprint density at radius 1 is 1.23 bits per heavy atom. The molecule has 0 unspecified atom stereocenters. The first-order valence-electron chi connectivity index (χ1n) is 10.1. The van der Waals surface area contributed by atoms with E-state index in [1.807, 2.05) is 0 Å². The standard InChI is InChI=1S/C22H25N5O4/c23-7-2-10-31-15-4-1-3-14(11-15)22(30)26-12-18(19(28)13-26)27-9-6-17-16(20(24)29)5-8-25-21(17)27/h1,3-6,8-9,11,18-19,28H,2,7,10,12-13,23H2,(H2,24,29)/t18-,19-/m1/s1. The molecule has 4 rings (SSSR count). The molecule has 162 valence electrons. The minimum atomic E-state index is -0.775. The summed E-state index contributed by atoms with van der Waals surface area (Å²) in [4.78, 5) is 30.7. The maximum absolute atomic E-state index is 13.1. The van der Waals surface area contributed by atoms with Crippen LogP contribution >= 0.6 is 0 Å². The third-order valence-corrected chi connectivity index (χ3v) is 5.48. The van der Waals surface area contributed by atoms with Crippen LogP contribution in [0.2, 0.25) is 0 Å². The maximum atomic E-state index is 13.1. The number of carbonyl (C=O) groups is 2. The van der Waals surface area contributed by atoms with Gasteiger partial charge in [0.15, 0.2) is 0 Å². The van der Waals surface area contributed by atoms with Crippen LogP contribution < -0.4 is 16.2 Å². The summed E-state index contributed by atoms with van der Waals surface area (Å²) in [6.45, 7) is 1.52. The highest BCUT2D eigenvalue weighted by Gasteiger charge is 2.36. The Hall–Kier alpha value is -3.43. The third kappa shape index (κ3) is 4.10. The van der Waals surface area contributed by atoms with Crippen LogP contribution in [0, 0.1) is 0 Å². The first-order valence-corrected chi connectivity index (χ1v) is 10.1. The van der Waals surface area contributed by atoms with Gasteiger partial charge in [0.1, 0.15) is 11.4 Å². The van der Waals surface area contributed by atoms with Gasteiger partial charge in [-0.25, -0.2) is 4.98 Å². The largest absolute Gasteiger partial charge is 0.494 e. The number of ether oxygens (including phenoxy) is 1.